The third-order valence-electron chi connectivity index (χ3n) is 6.02. The molecule has 8 heteroatoms. The largest absolute Gasteiger partial charge is 0.495 e. The summed E-state index contributed by atoms with van der Waals surface area (Å²) >= 11 is 0. The lowest BCUT2D eigenvalue weighted by Gasteiger charge is -2.24. The molecular formula is C26H30N2O5S. The number of carbonyl (C=O) groups is 1. The Labute approximate surface area is 201 Å². The van der Waals surface area contributed by atoms with Gasteiger partial charge < -0.3 is 14.1 Å². The van der Waals surface area contributed by atoms with Gasteiger partial charge in [-0.3, -0.25) is 4.79 Å². The van der Waals surface area contributed by atoms with Crippen molar-refractivity contribution in [2.45, 2.75) is 43.7 Å². The maximum atomic E-state index is 13.6. The Kier molecular flexibility index (Phi) is 7.70. The fourth-order valence-electron chi connectivity index (χ4n) is 4.21. The number of carbonyl (C=O) groups excluding carboxylic acids is 1. The number of sulfonamides is 1. The lowest BCUT2D eigenvalue weighted by Crippen LogP contribution is -2.33. The van der Waals surface area contributed by atoms with E-state index in [4.69, 9.17) is 9.15 Å². The van der Waals surface area contributed by atoms with Crippen molar-refractivity contribution in [3.05, 3.63) is 83.8 Å². The van der Waals surface area contributed by atoms with Crippen molar-refractivity contribution in [2.75, 3.05) is 20.2 Å². The zero-order valence-corrected chi connectivity index (χ0v) is 20.2. The first kappa shape index (κ1) is 24.0. The molecule has 0 N–H and O–H groups in total. The first-order valence-electron chi connectivity index (χ1n) is 11.5. The van der Waals surface area contributed by atoms with Gasteiger partial charge in [0.1, 0.15) is 16.4 Å². The molecule has 1 aliphatic heterocycles. The number of amides is 1. The van der Waals surface area contributed by atoms with Crippen LogP contribution < -0.4 is 4.74 Å². The van der Waals surface area contributed by atoms with Gasteiger partial charge in [0, 0.05) is 25.2 Å². The normalized spacial score (nSPS) is 15.0. The molecule has 0 aliphatic carbocycles. The summed E-state index contributed by atoms with van der Waals surface area (Å²) in [5, 5.41) is 0. The molecule has 180 valence electrons. The van der Waals surface area contributed by atoms with Crippen molar-refractivity contribution in [1.82, 2.24) is 9.21 Å². The Hall–Kier alpha value is -3.10. The fraction of sp³-hybridized carbons (Fsp3) is 0.346. The molecule has 0 spiro atoms. The minimum absolute atomic E-state index is 0.0282. The number of benzene rings is 2. The number of hydrogen-bond acceptors (Lipinski definition) is 5. The fourth-order valence-corrected chi connectivity index (χ4v) is 5.91. The summed E-state index contributed by atoms with van der Waals surface area (Å²) in [4.78, 5) is 15.3. The van der Waals surface area contributed by atoms with Crippen molar-refractivity contribution in [1.29, 1.82) is 0 Å². The Morgan fingerprint density at radius 1 is 0.971 bits per heavy atom. The van der Waals surface area contributed by atoms with Gasteiger partial charge in [0.25, 0.3) is 5.91 Å². The topological polar surface area (TPSA) is 80.1 Å². The maximum Gasteiger partial charge on any atom is 0.254 e. The second-order valence-electron chi connectivity index (χ2n) is 8.41. The molecular weight excluding hydrogens is 452 g/mol. The Morgan fingerprint density at radius 2 is 1.71 bits per heavy atom. The minimum atomic E-state index is -3.80. The van der Waals surface area contributed by atoms with Gasteiger partial charge in [0.15, 0.2) is 0 Å². The zero-order chi connectivity index (χ0) is 24.0. The van der Waals surface area contributed by atoms with E-state index < -0.39 is 10.0 Å². The van der Waals surface area contributed by atoms with Crippen LogP contribution in [0.3, 0.4) is 0 Å². The van der Waals surface area contributed by atoms with E-state index in [9.17, 15) is 13.2 Å². The molecule has 1 aliphatic rings. The molecule has 0 radical (unpaired) electrons. The van der Waals surface area contributed by atoms with E-state index in [2.05, 4.69) is 0 Å². The van der Waals surface area contributed by atoms with Gasteiger partial charge in [-0.25, -0.2) is 8.42 Å². The van der Waals surface area contributed by atoms with Crippen molar-refractivity contribution >= 4 is 15.9 Å². The van der Waals surface area contributed by atoms with Crippen LogP contribution in [0, 0.1) is 0 Å². The molecule has 1 saturated heterocycles. The van der Waals surface area contributed by atoms with Crippen LogP contribution in [0.4, 0.5) is 0 Å². The molecule has 2 aromatic carbocycles. The van der Waals surface area contributed by atoms with Crippen LogP contribution in [0.2, 0.25) is 0 Å². The molecule has 1 amide bonds. The summed E-state index contributed by atoms with van der Waals surface area (Å²) in [5.74, 6) is 0.604. The highest BCUT2D eigenvalue weighted by Gasteiger charge is 2.30. The van der Waals surface area contributed by atoms with Crippen molar-refractivity contribution < 1.29 is 22.4 Å². The van der Waals surface area contributed by atoms with Crippen LogP contribution in [0.1, 0.15) is 47.4 Å². The molecule has 4 rings (SSSR count). The van der Waals surface area contributed by atoms with Crippen LogP contribution in [0.5, 0.6) is 5.75 Å². The number of rotatable bonds is 8. The van der Waals surface area contributed by atoms with Gasteiger partial charge in [0.05, 0.1) is 19.9 Å². The monoisotopic (exact) mass is 482 g/mol. The van der Waals surface area contributed by atoms with Crippen molar-refractivity contribution in [2.24, 2.45) is 0 Å². The Bertz CT molecular complexity index is 1190. The second-order valence-corrected chi connectivity index (χ2v) is 10.3. The summed E-state index contributed by atoms with van der Waals surface area (Å²) in [5.41, 5.74) is 1.25. The molecule has 7 nitrogen and oxygen atoms in total. The highest BCUT2D eigenvalue weighted by Crippen LogP contribution is 2.30. The first-order valence-corrected chi connectivity index (χ1v) is 13.0. The third kappa shape index (κ3) is 5.51. The summed E-state index contributed by atoms with van der Waals surface area (Å²) < 4.78 is 39.4. The maximum absolute atomic E-state index is 13.6. The molecule has 0 atom stereocenters. The van der Waals surface area contributed by atoms with Crippen LogP contribution in [0.15, 0.2) is 76.2 Å². The van der Waals surface area contributed by atoms with Crippen LogP contribution in [0.25, 0.3) is 0 Å². The standard InChI is InChI=1S/C26H30N2O5S/c1-32-24-14-13-22(18-25(24)34(30,31)28-15-7-2-3-8-16-28)26(29)27(20-23-12-9-17-33-23)19-21-10-5-4-6-11-21/h4-6,9-14,17-18H,2-3,7-8,15-16,19-20H2,1H3. The molecule has 34 heavy (non-hydrogen) atoms. The molecule has 0 unspecified atom stereocenters. The van der Waals surface area contributed by atoms with Crippen molar-refractivity contribution in [3.8, 4) is 5.75 Å². The van der Waals surface area contributed by atoms with E-state index in [1.165, 1.54) is 17.5 Å². The van der Waals surface area contributed by atoms with Gasteiger partial charge in [-0.2, -0.15) is 4.31 Å². The highest BCUT2D eigenvalue weighted by atomic mass is 32.2. The van der Waals surface area contributed by atoms with Crippen molar-refractivity contribution in [3.63, 3.8) is 0 Å². The highest BCUT2D eigenvalue weighted by molar-refractivity contribution is 7.89. The summed E-state index contributed by atoms with van der Waals surface area (Å²) in [6, 6.07) is 17.9. The SMILES string of the molecule is COc1ccc(C(=O)N(Cc2ccccc2)Cc2ccco2)cc1S(=O)(=O)N1CCCCCC1. The molecule has 3 aromatic rings. The second kappa shape index (κ2) is 10.9. The molecule has 0 saturated carbocycles. The van der Waals surface area contributed by atoms with Gasteiger partial charge in [-0.15, -0.1) is 0 Å². The van der Waals surface area contributed by atoms with Gasteiger partial charge in [-0.05, 0) is 48.7 Å². The van der Waals surface area contributed by atoms with E-state index >= 15 is 0 Å². The van der Waals surface area contributed by atoms with Crippen LogP contribution in [-0.4, -0.2) is 43.7 Å². The predicted octanol–water partition coefficient (Wildman–Crippen LogP) is 4.70. The average Bonchev–Trinajstić information content (AvgIpc) is 3.21. The Morgan fingerprint density at radius 3 is 2.35 bits per heavy atom. The van der Waals surface area contributed by atoms with E-state index in [0.717, 1.165) is 31.2 Å². The zero-order valence-electron chi connectivity index (χ0n) is 19.4. The van der Waals surface area contributed by atoms with Crippen LogP contribution in [-0.2, 0) is 23.1 Å². The minimum Gasteiger partial charge on any atom is -0.495 e. The van der Waals surface area contributed by atoms with Gasteiger partial charge >= 0.3 is 0 Å². The average molecular weight is 483 g/mol. The number of furan rings is 1. The lowest BCUT2D eigenvalue weighted by molar-refractivity contribution is 0.0717. The van der Waals surface area contributed by atoms with E-state index in [1.807, 2.05) is 36.4 Å². The Balaban J connectivity index is 1.67. The quantitative estimate of drug-likeness (QED) is 0.465. The first-order chi connectivity index (χ1) is 16.5. The molecule has 1 aromatic heterocycles. The third-order valence-corrected chi connectivity index (χ3v) is 7.94. The summed E-state index contributed by atoms with van der Waals surface area (Å²) in [7, 11) is -2.36. The van der Waals surface area contributed by atoms with E-state index in [1.54, 1.807) is 29.4 Å². The number of ether oxygens (including phenoxy) is 1. The molecule has 2 heterocycles. The van der Waals surface area contributed by atoms with Gasteiger partial charge in [-0.1, -0.05) is 43.2 Å². The number of methoxy groups -OCH3 is 1. The number of hydrogen-bond donors (Lipinski definition) is 0. The number of nitrogens with zero attached hydrogens (tertiary/aromatic N) is 2. The van der Waals surface area contributed by atoms with Gasteiger partial charge in [0.2, 0.25) is 10.0 Å². The smallest absolute Gasteiger partial charge is 0.254 e. The summed E-state index contributed by atoms with van der Waals surface area (Å²) in [6.07, 6.45) is 5.26. The van der Waals surface area contributed by atoms with E-state index in [-0.39, 0.29) is 28.7 Å². The molecule has 1 fully saturated rings. The van der Waals surface area contributed by atoms with Crippen LogP contribution >= 0.6 is 0 Å². The van der Waals surface area contributed by atoms with E-state index in [0.29, 0.717) is 25.4 Å². The lowest BCUT2D eigenvalue weighted by atomic mass is 10.1. The predicted molar refractivity (Wildman–Crippen MR) is 129 cm³/mol. The molecule has 0 bridgehead atoms. The summed E-state index contributed by atoms with van der Waals surface area (Å²) in [6.45, 7) is 1.58.